The van der Waals surface area contributed by atoms with Crippen LogP contribution in [0.3, 0.4) is 0 Å². The summed E-state index contributed by atoms with van der Waals surface area (Å²) in [5, 5.41) is 3.88. The summed E-state index contributed by atoms with van der Waals surface area (Å²) in [6.45, 7) is 4.55. The second-order valence-corrected chi connectivity index (χ2v) is 4.99. The van der Waals surface area contributed by atoms with Gasteiger partial charge in [0.15, 0.2) is 5.13 Å². The highest BCUT2D eigenvalue weighted by Crippen LogP contribution is 2.22. The van der Waals surface area contributed by atoms with E-state index in [2.05, 4.69) is 15.0 Å². The first-order chi connectivity index (χ1) is 7.48. The standard InChI is InChI=1S/C10H16N2O3S/c1-10(2,6-14-3)12-9-11-5-7(16-9)8(13)15-4/h5H,6H2,1-4H3,(H,11,12). The smallest absolute Gasteiger partial charge is 0.349 e. The number of carbonyl (C=O) groups is 1. The minimum absolute atomic E-state index is 0.222. The van der Waals surface area contributed by atoms with Gasteiger partial charge in [-0.2, -0.15) is 0 Å². The third-order valence-electron chi connectivity index (χ3n) is 1.84. The number of carbonyl (C=O) groups excluding carboxylic acids is 1. The molecule has 0 unspecified atom stereocenters. The molecule has 1 aromatic rings. The van der Waals surface area contributed by atoms with Crippen molar-refractivity contribution < 1.29 is 14.3 Å². The second-order valence-electron chi connectivity index (χ2n) is 3.96. The molecule has 0 fully saturated rings. The zero-order chi connectivity index (χ0) is 12.2. The lowest BCUT2D eigenvalue weighted by Crippen LogP contribution is -2.35. The van der Waals surface area contributed by atoms with Crippen LogP contribution in [-0.4, -0.2) is 37.3 Å². The molecule has 0 radical (unpaired) electrons. The summed E-state index contributed by atoms with van der Waals surface area (Å²) in [7, 11) is 3.00. The number of ether oxygens (including phenoxy) is 2. The SMILES string of the molecule is COCC(C)(C)Nc1ncc(C(=O)OC)s1. The molecule has 1 aromatic heterocycles. The fourth-order valence-electron chi connectivity index (χ4n) is 1.21. The average Bonchev–Trinajstić information content (AvgIpc) is 2.64. The molecular weight excluding hydrogens is 228 g/mol. The first-order valence-corrected chi connectivity index (χ1v) is 5.61. The number of rotatable bonds is 5. The lowest BCUT2D eigenvalue weighted by Gasteiger charge is -2.24. The molecule has 1 heterocycles. The van der Waals surface area contributed by atoms with Crippen LogP contribution < -0.4 is 5.32 Å². The number of nitrogens with one attached hydrogen (secondary N) is 1. The van der Waals surface area contributed by atoms with Crippen LogP contribution in [0.5, 0.6) is 0 Å². The Morgan fingerprint density at radius 2 is 2.25 bits per heavy atom. The van der Waals surface area contributed by atoms with Crippen LogP contribution in [0.25, 0.3) is 0 Å². The molecule has 0 aliphatic heterocycles. The lowest BCUT2D eigenvalue weighted by atomic mass is 10.1. The minimum Gasteiger partial charge on any atom is -0.465 e. The number of hydrogen-bond donors (Lipinski definition) is 1. The van der Waals surface area contributed by atoms with Gasteiger partial charge in [0, 0.05) is 7.11 Å². The highest BCUT2D eigenvalue weighted by Gasteiger charge is 2.19. The summed E-state index contributed by atoms with van der Waals surface area (Å²) >= 11 is 1.27. The van der Waals surface area contributed by atoms with Crippen molar-refractivity contribution in [3.05, 3.63) is 11.1 Å². The molecule has 1 N–H and O–H groups in total. The Morgan fingerprint density at radius 3 is 2.81 bits per heavy atom. The third kappa shape index (κ3) is 3.46. The van der Waals surface area contributed by atoms with Gasteiger partial charge in [0.05, 0.1) is 25.5 Å². The number of nitrogens with zero attached hydrogens (tertiary/aromatic N) is 1. The van der Waals surface area contributed by atoms with Gasteiger partial charge in [-0.15, -0.1) is 0 Å². The molecule has 0 saturated carbocycles. The summed E-state index contributed by atoms with van der Waals surface area (Å²) < 4.78 is 9.68. The molecule has 16 heavy (non-hydrogen) atoms. The van der Waals surface area contributed by atoms with E-state index >= 15 is 0 Å². The predicted molar refractivity (Wildman–Crippen MR) is 63.0 cm³/mol. The Labute approximate surface area is 98.8 Å². The molecule has 0 aliphatic rings. The van der Waals surface area contributed by atoms with Gasteiger partial charge in [0.25, 0.3) is 0 Å². The first kappa shape index (κ1) is 12.9. The van der Waals surface area contributed by atoms with Crippen LogP contribution in [-0.2, 0) is 9.47 Å². The Hall–Kier alpha value is -1.14. The van der Waals surface area contributed by atoms with Gasteiger partial charge in [0.2, 0.25) is 0 Å². The molecule has 6 heteroatoms. The largest absolute Gasteiger partial charge is 0.465 e. The van der Waals surface area contributed by atoms with Crippen LogP contribution in [0.4, 0.5) is 5.13 Å². The van der Waals surface area contributed by atoms with Crippen LogP contribution in [0, 0.1) is 0 Å². The van der Waals surface area contributed by atoms with Gasteiger partial charge in [-0.25, -0.2) is 9.78 Å². The van der Waals surface area contributed by atoms with E-state index in [4.69, 9.17) is 4.74 Å². The van der Waals surface area contributed by atoms with Crippen molar-refractivity contribution in [1.29, 1.82) is 0 Å². The van der Waals surface area contributed by atoms with Crippen LogP contribution in [0.1, 0.15) is 23.5 Å². The zero-order valence-electron chi connectivity index (χ0n) is 9.86. The van der Waals surface area contributed by atoms with E-state index in [9.17, 15) is 4.79 Å². The molecule has 0 spiro atoms. The van der Waals surface area contributed by atoms with Crippen molar-refractivity contribution in [3.63, 3.8) is 0 Å². The Balaban J connectivity index is 2.68. The summed E-state index contributed by atoms with van der Waals surface area (Å²) in [6.07, 6.45) is 1.50. The van der Waals surface area contributed by atoms with Crippen molar-refractivity contribution in [2.45, 2.75) is 19.4 Å². The molecule has 0 bridgehead atoms. The Morgan fingerprint density at radius 1 is 1.56 bits per heavy atom. The molecule has 90 valence electrons. The molecule has 0 atom stereocenters. The highest BCUT2D eigenvalue weighted by atomic mass is 32.1. The van der Waals surface area contributed by atoms with E-state index in [1.54, 1.807) is 7.11 Å². The summed E-state index contributed by atoms with van der Waals surface area (Å²) in [5.41, 5.74) is -0.222. The number of methoxy groups -OCH3 is 2. The van der Waals surface area contributed by atoms with E-state index in [-0.39, 0.29) is 11.5 Å². The average molecular weight is 244 g/mol. The number of thiazole rings is 1. The van der Waals surface area contributed by atoms with Gasteiger partial charge in [0.1, 0.15) is 4.88 Å². The van der Waals surface area contributed by atoms with Crippen molar-refractivity contribution >= 4 is 22.4 Å². The van der Waals surface area contributed by atoms with Gasteiger partial charge in [-0.3, -0.25) is 0 Å². The predicted octanol–water partition coefficient (Wildman–Crippen LogP) is 1.77. The highest BCUT2D eigenvalue weighted by molar-refractivity contribution is 7.17. The maximum atomic E-state index is 11.2. The van der Waals surface area contributed by atoms with Crippen molar-refractivity contribution in [2.75, 3.05) is 26.1 Å². The topological polar surface area (TPSA) is 60.5 Å². The Bertz CT molecular complexity index is 363. The number of aromatic nitrogens is 1. The third-order valence-corrected chi connectivity index (χ3v) is 2.74. The number of anilines is 1. The fourth-order valence-corrected chi connectivity index (χ4v) is 2.13. The maximum absolute atomic E-state index is 11.2. The van der Waals surface area contributed by atoms with Crippen LogP contribution in [0.2, 0.25) is 0 Å². The molecular formula is C10H16N2O3S. The first-order valence-electron chi connectivity index (χ1n) is 4.80. The second kappa shape index (κ2) is 5.27. The molecule has 0 amide bonds. The molecule has 0 saturated heterocycles. The molecule has 5 nitrogen and oxygen atoms in total. The van der Waals surface area contributed by atoms with E-state index in [0.29, 0.717) is 16.6 Å². The van der Waals surface area contributed by atoms with Crippen molar-refractivity contribution in [2.24, 2.45) is 0 Å². The Kier molecular flexibility index (Phi) is 4.26. The maximum Gasteiger partial charge on any atom is 0.349 e. The fraction of sp³-hybridized carbons (Fsp3) is 0.600. The van der Waals surface area contributed by atoms with Crippen molar-refractivity contribution in [3.8, 4) is 0 Å². The summed E-state index contributed by atoms with van der Waals surface area (Å²) in [4.78, 5) is 15.8. The van der Waals surface area contributed by atoms with Gasteiger partial charge in [-0.05, 0) is 13.8 Å². The van der Waals surface area contributed by atoms with E-state index in [1.165, 1.54) is 24.6 Å². The van der Waals surface area contributed by atoms with E-state index in [0.717, 1.165) is 0 Å². The monoisotopic (exact) mass is 244 g/mol. The quantitative estimate of drug-likeness (QED) is 0.800. The normalized spacial score (nSPS) is 11.2. The summed E-state index contributed by atoms with van der Waals surface area (Å²) in [5.74, 6) is -0.366. The molecule has 0 aliphatic carbocycles. The lowest BCUT2D eigenvalue weighted by molar-refractivity contribution is 0.0606. The van der Waals surface area contributed by atoms with E-state index < -0.39 is 0 Å². The van der Waals surface area contributed by atoms with Crippen LogP contribution in [0.15, 0.2) is 6.20 Å². The van der Waals surface area contributed by atoms with E-state index in [1.807, 2.05) is 13.8 Å². The summed E-state index contributed by atoms with van der Waals surface area (Å²) in [6, 6.07) is 0. The minimum atomic E-state index is -0.366. The molecule has 1 rings (SSSR count). The number of esters is 1. The van der Waals surface area contributed by atoms with Crippen molar-refractivity contribution in [1.82, 2.24) is 4.98 Å². The number of hydrogen-bond acceptors (Lipinski definition) is 6. The molecule has 0 aromatic carbocycles. The zero-order valence-corrected chi connectivity index (χ0v) is 10.7. The van der Waals surface area contributed by atoms with Gasteiger partial charge >= 0.3 is 5.97 Å². The van der Waals surface area contributed by atoms with Crippen LogP contribution >= 0.6 is 11.3 Å². The van der Waals surface area contributed by atoms with Gasteiger partial charge in [-0.1, -0.05) is 11.3 Å². The van der Waals surface area contributed by atoms with Gasteiger partial charge < -0.3 is 14.8 Å².